The van der Waals surface area contributed by atoms with Gasteiger partial charge in [0.15, 0.2) is 11.5 Å². The van der Waals surface area contributed by atoms with Crippen LogP contribution in [0.15, 0.2) is 36.4 Å². The van der Waals surface area contributed by atoms with Crippen LogP contribution < -0.4 is 14.8 Å². The van der Waals surface area contributed by atoms with Crippen molar-refractivity contribution in [3.63, 3.8) is 0 Å². The molecular formula is C21H25Cl2NO2. The lowest BCUT2D eigenvalue weighted by Crippen LogP contribution is -2.30. The van der Waals surface area contributed by atoms with Crippen molar-refractivity contribution >= 4 is 23.2 Å². The molecule has 140 valence electrons. The number of hydrogen-bond donors (Lipinski definition) is 1. The van der Waals surface area contributed by atoms with Crippen molar-refractivity contribution in [2.24, 2.45) is 0 Å². The molecule has 0 radical (unpaired) electrons. The Morgan fingerprint density at radius 2 is 1.73 bits per heavy atom. The minimum Gasteiger partial charge on any atom is -0.493 e. The van der Waals surface area contributed by atoms with Crippen LogP contribution in [-0.2, 0) is 13.2 Å². The number of nitrogens with one attached hydrogen (secondary N) is 1. The first-order valence-corrected chi connectivity index (χ1v) is 9.88. The highest BCUT2D eigenvalue weighted by atomic mass is 35.5. The fourth-order valence-corrected chi connectivity index (χ4v) is 3.73. The molecule has 0 heterocycles. The second kappa shape index (κ2) is 9.50. The summed E-state index contributed by atoms with van der Waals surface area (Å²) in [5.41, 5.74) is 2.13. The highest BCUT2D eigenvalue weighted by molar-refractivity contribution is 6.32. The van der Waals surface area contributed by atoms with Gasteiger partial charge in [-0.25, -0.2) is 0 Å². The average molecular weight is 394 g/mol. The molecule has 2 aromatic rings. The third kappa shape index (κ3) is 5.29. The highest BCUT2D eigenvalue weighted by Crippen LogP contribution is 2.37. The molecule has 1 aliphatic rings. The zero-order chi connectivity index (χ0) is 18.4. The first-order valence-electron chi connectivity index (χ1n) is 9.13. The molecule has 0 saturated heterocycles. The van der Waals surface area contributed by atoms with E-state index in [1.54, 1.807) is 7.11 Å². The molecule has 2 aromatic carbocycles. The van der Waals surface area contributed by atoms with E-state index in [0.717, 1.165) is 17.7 Å². The second-order valence-electron chi connectivity index (χ2n) is 6.74. The maximum Gasteiger partial charge on any atom is 0.180 e. The molecule has 3 nitrogen and oxygen atoms in total. The lowest BCUT2D eigenvalue weighted by molar-refractivity contribution is 0.284. The quantitative estimate of drug-likeness (QED) is 0.625. The first kappa shape index (κ1) is 19.3. The smallest absolute Gasteiger partial charge is 0.180 e. The van der Waals surface area contributed by atoms with Crippen LogP contribution in [0.1, 0.15) is 43.2 Å². The summed E-state index contributed by atoms with van der Waals surface area (Å²) in [5, 5.41) is 4.91. The van der Waals surface area contributed by atoms with Crippen LogP contribution in [-0.4, -0.2) is 13.2 Å². The van der Waals surface area contributed by atoms with Crippen molar-refractivity contribution in [2.45, 2.75) is 51.3 Å². The van der Waals surface area contributed by atoms with Crippen LogP contribution in [0.3, 0.4) is 0 Å². The minimum atomic E-state index is 0.410. The fraction of sp³-hybridized carbons (Fsp3) is 0.429. The highest BCUT2D eigenvalue weighted by Gasteiger charge is 2.15. The molecule has 1 N–H and O–H groups in total. The van der Waals surface area contributed by atoms with Crippen molar-refractivity contribution in [2.75, 3.05) is 7.11 Å². The van der Waals surface area contributed by atoms with E-state index >= 15 is 0 Å². The maximum absolute atomic E-state index is 6.47. The summed E-state index contributed by atoms with van der Waals surface area (Å²) in [5.74, 6) is 1.23. The molecule has 0 atom stereocenters. The molecule has 26 heavy (non-hydrogen) atoms. The number of ether oxygens (including phenoxy) is 2. The summed E-state index contributed by atoms with van der Waals surface area (Å²) in [4.78, 5) is 0. The number of benzene rings is 2. The van der Waals surface area contributed by atoms with Crippen LogP contribution in [0.2, 0.25) is 10.0 Å². The Bertz CT molecular complexity index is 713. The molecule has 0 unspecified atom stereocenters. The van der Waals surface area contributed by atoms with Crippen LogP contribution in [0.5, 0.6) is 11.5 Å². The van der Waals surface area contributed by atoms with Crippen molar-refractivity contribution in [1.29, 1.82) is 0 Å². The lowest BCUT2D eigenvalue weighted by Gasteiger charge is -2.23. The van der Waals surface area contributed by atoms with Gasteiger partial charge in [0.2, 0.25) is 0 Å². The van der Waals surface area contributed by atoms with E-state index in [1.165, 1.54) is 32.1 Å². The fourth-order valence-electron chi connectivity index (χ4n) is 3.32. The minimum absolute atomic E-state index is 0.410. The summed E-state index contributed by atoms with van der Waals surface area (Å²) < 4.78 is 11.4. The standard InChI is InChI=1S/C21H25Cl2NO2/c1-25-20-12-16(13-24-18-5-3-2-4-6-18)11-19(23)21(20)26-14-15-7-9-17(22)10-8-15/h7-12,18,24H,2-6,13-14H2,1H3. The third-order valence-electron chi connectivity index (χ3n) is 4.79. The number of methoxy groups -OCH3 is 1. The van der Waals surface area contributed by atoms with Gasteiger partial charge in [0, 0.05) is 17.6 Å². The van der Waals surface area contributed by atoms with Gasteiger partial charge in [-0.05, 0) is 48.2 Å². The van der Waals surface area contributed by atoms with Crippen LogP contribution >= 0.6 is 23.2 Å². The Hall–Kier alpha value is -1.42. The molecule has 1 saturated carbocycles. The summed E-state index contributed by atoms with van der Waals surface area (Å²) in [6.45, 7) is 1.20. The molecule has 1 fully saturated rings. The summed E-state index contributed by atoms with van der Waals surface area (Å²) in [7, 11) is 1.64. The van der Waals surface area contributed by atoms with Crippen LogP contribution in [0.25, 0.3) is 0 Å². The van der Waals surface area contributed by atoms with Gasteiger partial charge < -0.3 is 14.8 Å². The van der Waals surface area contributed by atoms with Crippen LogP contribution in [0, 0.1) is 0 Å². The van der Waals surface area contributed by atoms with Crippen molar-refractivity contribution in [3.8, 4) is 11.5 Å². The summed E-state index contributed by atoms with van der Waals surface area (Å²) in [6.07, 6.45) is 6.51. The van der Waals surface area contributed by atoms with Gasteiger partial charge in [0.05, 0.1) is 12.1 Å². The second-order valence-corrected chi connectivity index (χ2v) is 7.58. The van der Waals surface area contributed by atoms with E-state index in [9.17, 15) is 0 Å². The van der Waals surface area contributed by atoms with E-state index < -0.39 is 0 Å². The zero-order valence-corrected chi connectivity index (χ0v) is 16.6. The molecule has 3 rings (SSSR count). The van der Waals surface area contributed by atoms with Gasteiger partial charge in [-0.2, -0.15) is 0 Å². The molecule has 0 bridgehead atoms. The Labute approximate surface area is 165 Å². The Morgan fingerprint density at radius 3 is 2.42 bits per heavy atom. The SMILES string of the molecule is COc1cc(CNC2CCCCC2)cc(Cl)c1OCc1ccc(Cl)cc1. The average Bonchev–Trinajstić information content (AvgIpc) is 2.67. The molecule has 0 aromatic heterocycles. The van der Waals surface area contributed by atoms with Gasteiger partial charge in [0.25, 0.3) is 0 Å². The molecular weight excluding hydrogens is 369 g/mol. The van der Waals surface area contributed by atoms with Gasteiger partial charge >= 0.3 is 0 Å². The van der Waals surface area contributed by atoms with Gasteiger partial charge in [0.1, 0.15) is 6.61 Å². The lowest BCUT2D eigenvalue weighted by atomic mass is 9.95. The topological polar surface area (TPSA) is 30.5 Å². The van der Waals surface area contributed by atoms with Gasteiger partial charge in [-0.3, -0.25) is 0 Å². The molecule has 0 amide bonds. The van der Waals surface area contributed by atoms with Crippen LogP contribution in [0.4, 0.5) is 0 Å². The Kier molecular flexibility index (Phi) is 7.07. The predicted molar refractivity (Wildman–Crippen MR) is 108 cm³/mol. The maximum atomic E-state index is 6.47. The molecule has 5 heteroatoms. The third-order valence-corrected chi connectivity index (χ3v) is 5.32. The molecule has 0 aliphatic heterocycles. The van der Waals surface area contributed by atoms with Crippen molar-refractivity contribution in [1.82, 2.24) is 5.32 Å². The van der Waals surface area contributed by atoms with E-state index in [1.807, 2.05) is 36.4 Å². The van der Waals surface area contributed by atoms with E-state index in [-0.39, 0.29) is 0 Å². The molecule has 1 aliphatic carbocycles. The van der Waals surface area contributed by atoms with Gasteiger partial charge in [-0.15, -0.1) is 0 Å². The Balaban J connectivity index is 1.65. The summed E-state index contributed by atoms with van der Waals surface area (Å²) in [6, 6.07) is 12.1. The van der Waals surface area contributed by atoms with E-state index in [4.69, 9.17) is 32.7 Å². The van der Waals surface area contributed by atoms with Gasteiger partial charge in [-0.1, -0.05) is 54.6 Å². The monoisotopic (exact) mass is 393 g/mol. The number of rotatable bonds is 7. The van der Waals surface area contributed by atoms with E-state index in [2.05, 4.69) is 5.32 Å². The summed E-state index contributed by atoms with van der Waals surface area (Å²) >= 11 is 12.4. The van der Waals surface area contributed by atoms with Crippen molar-refractivity contribution in [3.05, 3.63) is 57.6 Å². The predicted octanol–water partition coefficient (Wildman–Crippen LogP) is 6.00. The zero-order valence-electron chi connectivity index (χ0n) is 15.1. The Morgan fingerprint density at radius 1 is 1.00 bits per heavy atom. The largest absolute Gasteiger partial charge is 0.493 e. The van der Waals surface area contributed by atoms with Crippen molar-refractivity contribution < 1.29 is 9.47 Å². The first-order chi connectivity index (χ1) is 12.7. The van der Waals surface area contributed by atoms with E-state index in [0.29, 0.717) is 34.2 Å². The normalized spacial score (nSPS) is 15.0. The number of hydrogen-bond acceptors (Lipinski definition) is 3. The number of halogens is 2. The molecule has 0 spiro atoms.